The molecule has 21 heavy (non-hydrogen) atoms. The maximum atomic E-state index is 12.3. The number of hydrogen-bond acceptors (Lipinski definition) is 3. The third-order valence-corrected chi connectivity index (χ3v) is 3.87. The first-order valence-electron chi connectivity index (χ1n) is 6.48. The number of anilines is 2. The van der Waals surface area contributed by atoms with E-state index >= 15 is 0 Å². The van der Waals surface area contributed by atoms with Crippen molar-refractivity contribution in [3.8, 4) is 5.75 Å². The molecule has 0 spiro atoms. The molecular weight excluding hydrogens is 332 g/mol. The highest BCUT2D eigenvalue weighted by Gasteiger charge is 2.10. The summed E-state index contributed by atoms with van der Waals surface area (Å²) in [4.78, 5) is 12.3. The van der Waals surface area contributed by atoms with Crippen molar-refractivity contribution in [2.24, 2.45) is 0 Å². The van der Waals surface area contributed by atoms with Gasteiger partial charge in [0.05, 0.1) is 12.8 Å². The highest BCUT2D eigenvalue weighted by molar-refractivity contribution is 9.10. The molecule has 2 rings (SSSR count). The van der Waals surface area contributed by atoms with Crippen LogP contribution in [0.25, 0.3) is 0 Å². The molecule has 2 aromatic rings. The Labute approximate surface area is 132 Å². The molecular formula is C16H17BrN2O2. The highest BCUT2D eigenvalue weighted by Crippen LogP contribution is 2.27. The Bertz CT molecular complexity index is 671. The molecule has 4 nitrogen and oxygen atoms in total. The number of nitrogens with one attached hydrogen (secondary N) is 2. The van der Waals surface area contributed by atoms with Crippen molar-refractivity contribution < 1.29 is 9.53 Å². The minimum atomic E-state index is -0.158. The SMILES string of the molecule is CNc1ccc(C(=O)Nc2cc(OC)ccc2Br)cc1C. The van der Waals surface area contributed by atoms with E-state index in [-0.39, 0.29) is 5.91 Å². The van der Waals surface area contributed by atoms with Crippen molar-refractivity contribution in [1.82, 2.24) is 0 Å². The van der Waals surface area contributed by atoms with Crippen LogP contribution in [0.15, 0.2) is 40.9 Å². The lowest BCUT2D eigenvalue weighted by molar-refractivity contribution is 0.102. The summed E-state index contributed by atoms with van der Waals surface area (Å²) in [5.41, 5.74) is 3.32. The fraction of sp³-hybridized carbons (Fsp3) is 0.188. The number of hydrogen-bond donors (Lipinski definition) is 2. The Morgan fingerprint density at radius 2 is 1.90 bits per heavy atom. The third-order valence-electron chi connectivity index (χ3n) is 3.18. The molecule has 0 atom stereocenters. The number of amides is 1. The average molecular weight is 349 g/mol. The Kier molecular flexibility index (Phi) is 4.85. The predicted octanol–water partition coefficient (Wildman–Crippen LogP) is 4.06. The van der Waals surface area contributed by atoms with Crippen LogP contribution in [0.5, 0.6) is 5.75 Å². The van der Waals surface area contributed by atoms with Crippen molar-refractivity contribution in [3.05, 3.63) is 52.0 Å². The fourth-order valence-electron chi connectivity index (χ4n) is 2.01. The van der Waals surface area contributed by atoms with Gasteiger partial charge in [-0.05, 0) is 58.7 Å². The van der Waals surface area contributed by atoms with Crippen LogP contribution in [-0.2, 0) is 0 Å². The lowest BCUT2D eigenvalue weighted by atomic mass is 10.1. The zero-order chi connectivity index (χ0) is 15.4. The van der Waals surface area contributed by atoms with Crippen LogP contribution < -0.4 is 15.4 Å². The highest BCUT2D eigenvalue weighted by atomic mass is 79.9. The largest absolute Gasteiger partial charge is 0.497 e. The minimum absolute atomic E-state index is 0.158. The molecule has 0 heterocycles. The number of rotatable bonds is 4. The second-order valence-electron chi connectivity index (χ2n) is 4.58. The van der Waals surface area contributed by atoms with E-state index < -0.39 is 0 Å². The number of ether oxygens (including phenoxy) is 1. The van der Waals surface area contributed by atoms with E-state index in [4.69, 9.17) is 4.74 Å². The van der Waals surface area contributed by atoms with E-state index in [1.807, 2.05) is 38.2 Å². The maximum absolute atomic E-state index is 12.3. The summed E-state index contributed by atoms with van der Waals surface area (Å²) in [6.45, 7) is 1.96. The van der Waals surface area contributed by atoms with E-state index in [0.717, 1.165) is 15.7 Å². The second-order valence-corrected chi connectivity index (χ2v) is 5.43. The van der Waals surface area contributed by atoms with Crippen molar-refractivity contribution in [2.45, 2.75) is 6.92 Å². The molecule has 0 aliphatic carbocycles. The van der Waals surface area contributed by atoms with Crippen LogP contribution in [0.4, 0.5) is 11.4 Å². The monoisotopic (exact) mass is 348 g/mol. The summed E-state index contributed by atoms with van der Waals surface area (Å²) in [5, 5.41) is 5.96. The fourth-order valence-corrected chi connectivity index (χ4v) is 2.35. The predicted molar refractivity (Wildman–Crippen MR) is 89.4 cm³/mol. The molecule has 2 aromatic carbocycles. The number of aryl methyl sites for hydroxylation is 1. The van der Waals surface area contributed by atoms with E-state index in [1.54, 1.807) is 19.2 Å². The van der Waals surface area contributed by atoms with Gasteiger partial charge in [0.1, 0.15) is 5.75 Å². The first-order valence-corrected chi connectivity index (χ1v) is 7.27. The van der Waals surface area contributed by atoms with Gasteiger partial charge in [-0.3, -0.25) is 4.79 Å². The molecule has 110 valence electrons. The van der Waals surface area contributed by atoms with Gasteiger partial charge in [-0.25, -0.2) is 0 Å². The van der Waals surface area contributed by atoms with Crippen LogP contribution in [0, 0.1) is 6.92 Å². The number of carbonyl (C=O) groups is 1. The van der Waals surface area contributed by atoms with Gasteiger partial charge in [0.2, 0.25) is 0 Å². The molecule has 0 aliphatic rings. The molecule has 0 radical (unpaired) electrons. The molecule has 0 saturated carbocycles. The molecule has 0 bridgehead atoms. The number of halogens is 1. The summed E-state index contributed by atoms with van der Waals surface area (Å²) in [6.07, 6.45) is 0. The summed E-state index contributed by atoms with van der Waals surface area (Å²) < 4.78 is 5.97. The molecule has 0 saturated heterocycles. The second kappa shape index (κ2) is 6.63. The van der Waals surface area contributed by atoms with Crippen LogP contribution in [-0.4, -0.2) is 20.1 Å². The van der Waals surface area contributed by atoms with Gasteiger partial charge in [0, 0.05) is 28.8 Å². The van der Waals surface area contributed by atoms with Gasteiger partial charge in [0.15, 0.2) is 0 Å². The molecule has 5 heteroatoms. The van der Waals surface area contributed by atoms with E-state index in [1.165, 1.54) is 0 Å². The van der Waals surface area contributed by atoms with E-state index in [2.05, 4.69) is 26.6 Å². The lowest BCUT2D eigenvalue weighted by Crippen LogP contribution is -2.12. The standard InChI is InChI=1S/C16H17BrN2O2/c1-10-8-11(4-7-14(10)18-2)16(20)19-15-9-12(21-3)5-6-13(15)17/h4-9,18H,1-3H3,(H,19,20). The smallest absolute Gasteiger partial charge is 0.255 e. The van der Waals surface area contributed by atoms with Gasteiger partial charge in [-0.2, -0.15) is 0 Å². The number of methoxy groups -OCH3 is 1. The van der Waals surface area contributed by atoms with Gasteiger partial charge in [-0.15, -0.1) is 0 Å². The van der Waals surface area contributed by atoms with Crippen molar-refractivity contribution in [1.29, 1.82) is 0 Å². The quantitative estimate of drug-likeness (QED) is 0.875. The van der Waals surface area contributed by atoms with Gasteiger partial charge in [0.25, 0.3) is 5.91 Å². The van der Waals surface area contributed by atoms with Crippen LogP contribution in [0.3, 0.4) is 0 Å². The first-order chi connectivity index (χ1) is 10.0. The molecule has 2 N–H and O–H groups in total. The molecule has 0 aromatic heterocycles. The van der Waals surface area contributed by atoms with Crippen LogP contribution in [0.2, 0.25) is 0 Å². The average Bonchev–Trinajstić information content (AvgIpc) is 2.49. The number of carbonyl (C=O) groups excluding carboxylic acids is 1. The van der Waals surface area contributed by atoms with E-state index in [9.17, 15) is 4.79 Å². The van der Waals surface area contributed by atoms with Gasteiger partial charge < -0.3 is 15.4 Å². The van der Waals surface area contributed by atoms with E-state index in [0.29, 0.717) is 17.0 Å². The van der Waals surface area contributed by atoms with Crippen LogP contribution >= 0.6 is 15.9 Å². The summed E-state index contributed by atoms with van der Waals surface area (Å²) in [7, 11) is 3.45. The zero-order valence-corrected chi connectivity index (χ0v) is 13.7. The Morgan fingerprint density at radius 3 is 2.52 bits per heavy atom. The third kappa shape index (κ3) is 3.55. The number of benzene rings is 2. The molecule has 0 fully saturated rings. The van der Waals surface area contributed by atoms with Crippen molar-refractivity contribution in [2.75, 3.05) is 24.8 Å². The lowest BCUT2D eigenvalue weighted by Gasteiger charge is -2.11. The van der Waals surface area contributed by atoms with Crippen LogP contribution in [0.1, 0.15) is 15.9 Å². The normalized spacial score (nSPS) is 10.1. The topological polar surface area (TPSA) is 50.4 Å². The molecule has 0 unspecified atom stereocenters. The Balaban J connectivity index is 2.23. The Morgan fingerprint density at radius 1 is 1.14 bits per heavy atom. The Hall–Kier alpha value is -2.01. The molecule has 0 aliphatic heterocycles. The van der Waals surface area contributed by atoms with Gasteiger partial charge >= 0.3 is 0 Å². The first kappa shape index (κ1) is 15.4. The van der Waals surface area contributed by atoms with Crippen molar-refractivity contribution in [3.63, 3.8) is 0 Å². The molecule has 1 amide bonds. The summed E-state index contributed by atoms with van der Waals surface area (Å²) >= 11 is 3.42. The van der Waals surface area contributed by atoms with Crippen molar-refractivity contribution >= 4 is 33.2 Å². The maximum Gasteiger partial charge on any atom is 0.255 e. The zero-order valence-electron chi connectivity index (χ0n) is 12.2. The summed E-state index contributed by atoms with van der Waals surface area (Å²) in [6, 6.07) is 11.0. The van der Waals surface area contributed by atoms with Gasteiger partial charge in [-0.1, -0.05) is 0 Å². The minimum Gasteiger partial charge on any atom is -0.497 e. The summed E-state index contributed by atoms with van der Waals surface area (Å²) in [5.74, 6) is 0.532.